The summed E-state index contributed by atoms with van der Waals surface area (Å²) >= 11 is 0. The summed E-state index contributed by atoms with van der Waals surface area (Å²) in [5.41, 5.74) is 3.11. The summed E-state index contributed by atoms with van der Waals surface area (Å²) in [6, 6.07) is 6.06. The van der Waals surface area contributed by atoms with Gasteiger partial charge in [-0.15, -0.1) is 24.0 Å². The number of pyridine rings is 1. The molecule has 0 saturated carbocycles. The molecule has 164 valence electrons. The number of aryl methyl sites for hydroxylation is 2. The average molecular weight is 526 g/mol. The van der Waals surface area contributed by atoms with Crippen molar-refractivity contribution in [3.63, 3.8) is 0 Å². The Morgan fingerprint density at radius 2 is 2.03 bits per heavy atom. The number of rotatable bonds is 5. The Hall–Kier alpha value is -2.17. The van der Waals surface area contributed by atoms with Crippen LogP contribution >= 0.6 is 24.0 Å². The van der Waals surface area contributed by atoms with Crippen LogP contribution in [0.15, 0.2) is 29.4 Å². The number of piperidine rings is 1. The van der Waals surface area contributed by atoms with Gasteiger partial charge in [0.2, 0.25) is 0 Å². The summed E-state index contributed by atoms with van der Waals surface area (Å²) in [6.07, 6.45) is 3.44. The lowest BCUT2D eigenvalue weighted by molar-refractivity contribution is -0.149. The van der Waals surface area contributed by atoms with Gasteiger partial charge in [-0.2, -0.15) is 5.10 Å². The number of halogens is 1. The quantitative estimate of drug-likeness (QED) is 0.279. The van der Waals surface area contributed by atoms with Gasteiger partial charge in [0.05, 0.1) is 18.2 Å². The molecule has 1 fully saturated rings. The second-order valence-electron chi connectivity index (χ2n) is 7.28. The van der Waals surface area contributed by atoms with Crippen LogP contribution < -0.4 is 5.32 Å². The molecule has 9 heteroatoms. The highest BCUT2D eigenvalue weighted by Crippen LogP contribution is 2.19. The molecule has 3 rings (SSSR count). The van der Waals surface area contributed by atoms with Gasteiger partial charge in [-0.05, 0) is 51.3 Å². The zero-order chi connectivity index (χ0) is 20.8. The van der Waals surface area contributed by atoms with E-state index in [2.05, 4.69) is 25.3 Å². The number of guanidine groups is 1. The van der Waals surface area contributed by atoms with Crippen LogP contribution in [-0.4, -0.2) is 58.3 Å². The zero-order valence-corrected chi connectivity index (χ0v) is 20.4. The van der Waals surface area contributed by atoms with Crippen LogP contribution in [0, 0.1) is 19.8 Å². The van der Waals surface area contributed by atoms with Crippen molar-refractivity contribution in [1.29, 1.82) is 0 Å². The lowest BCUT2D eigenvalue weighted by atomic mass is 9.97. The van der Waals surface area contributed by atoms with Gasteiger partial charge in [-0.1, -0.05) is 6.07 Å². The molecule has 0 amide bonds. The molecule has 1 aliphatic rings. The molecule has 1 saturated heterocycles. The van der Waals surface area contributed by atoms with E-state index in [1.165, 1.54) is 0 Å². The molecule has 2 aromatic heterocycles. The summed E-state index contributed by atoms with van der Waals surface area (Å²) in [4.78, 5) is 23.0. The standard InChI is InChI=1S/C21H30N6O2.HI/c1-5-29-20(28)18-8-10-26(11-9-18)21(22-4)24-14-17-6-7-19(23-13-17)27-16(3)12-15(2)25-27;/h6-7,12-13,18H,5,8-11,14H2,1-4H3,(H,22,24);1H. The van der Waals surface area contributed by atoms with Crippen molar-refractivity contribution in [2.75, 3.05) is 26.7 Å². The van der Waals surface area contributed by atoms with Crippen molar-refractivity contribution in [3.8, 4) is 5.82 Å². The zero-order valence-electron chi connectivity index (χ0n) is 18.1. The Morgan fingerprint density at radius 3 is 2.57 bits per heavy atom. The minimum absolute atomic E-state index is 0. The van der Waals surface area contributed by atoms with E-state index in [0.717, 1.165) is 54.7 Å². The van der Waals surface area contributed by atoms with Gasteiger partial charge < -0.3 is 15.0 Å². The fourth-order valence-electron chi connectivity index (χ4n) is 3.61. The fraction of sp³-hybridized carbons (Fsp3) is 0.524. The van der Waals surface area contributed by atoms with Gasteiger partial charge in [-0.3, -0.25) is 9.79 Å². The third-order valence-electron chi connectivity index (χ3n) is 5.11. The van der Waals surface area contributed by atoms with Crippen molar-refractivity contribution in [2.45, 2.75) is 40.2 Å². The summed E-state index contributed by atoms with van der Waals surface area (Å²) < 4.78 is 6.99. The van der Waals surface area contributed by atoms with Gasteiger partial charge >= 0.3 is 5.97 Å². The number of aliphatic imine (C=N–C) groups is 1. The molecular weight excluding hydrogens is 495 g/mol. The number of aromatic nitrogens is 3. The molecular formula is C21H31IN6O2. The lowest BCUT2D eigenvalue weighted by Gasteiger charge is -2.33. The highest BCUT2D eigenvalue weighted by atomic mass is 127. The number of carbonyl (C=O) groups is 1. The van der Waals surface area contributed by atoms with Crippen molar-refractivity contribution < 1.29 is 9.53 Å². The smallest absolute Gasteiger partial charge is 0.309 e. The number of hydrogen-bond acceptors (Lipinski definition) is 5. The molecule has 0 spiro atoms. The number of carbonyl (C=O) groups excluding carboxylic acids is 1. The van der Waals surface area contributed by atoms with Crippen molar-refractivity contribution in [2.24, 2.45) is 10.9 Å². The molecule has 30 heavy (non-hydrogen) atoms. The maximum atomic E-state index is 11.9. The predicted molar refractivity (Wildman–Crippen MR) is 127 cm³/mol. The van der Waals surface area contributed by atoms with E-state index in [-0.39, 0.29) is 35.9 Å². The van der Waals surface area contributed by atoms with Crippen LogP contribution in [0.5, 0.6) is 0 Å². The van der Waals surface area contributed by atoms with E-state index in [1.807, 2.05) is 49.8 Å². The molecule has 0 unspecified atom stereocenters. The molecule has 3 heterocycles. The summed E-state index contributed by atoms with van der Waals surface area (Å²) in [6.45, 7) is 8.49. The third-order valence-corrected chi connectivity index (χ3v) is 5.11. The van der Waals surface area contributed by atoms with Crippen LogP contribution in [0.25, 0.3) is 5.82 Å². The van der Waals surface area contributed by atoms with E-state index < -0.39 is 0 Å². The van der Waals surface area contributed by atoms with Crippen LogP contribution in [-0.2, 0) is 16.1 Å². The van der Waals surface area contributed by atoms with Gasteiger partial charge in [-0.25, -0.2) is 9.67 Å². The van der Waals surface area contributed by atoms with E-state index >= 15 is 0 Å². The van der Waals surface area contributed by atoms with Gasteiger partial charge in [0.15, 0.2) is 11.8 Å². The average Bonchev–Trinajstić information content (AvgIpc) is 3.07. The molecule has 8 nitrogen and oxygen atoms in total. The second-order valence-corrected chi connectivity index (χ2v) is 7.28. The monoisotopic (exact) mass is 526 g/mol. The van der Waals surface area contributed by atoms with E-state index in [9.17, 15) is 4.79 Å². The number of nitrogens with zero attached hydrogens (tertiary/aromatic N) is 5. The summed E-state index contributed by atoms with van der Waals surface area (Å²) in [5, 5.41) is 7.87. The van der Waals surface area contributed by atoms with Gasteiger partial charge in [0.25, 0.3) is 0 Å². The largest absolute Gasteiger partial charge is 0.466 e. The molecule has 1 N–H and O–H groups in total. The first-order chi connectivity index (χ1) is 14.0. The minimum Gasteiger partial charge on any atom is -0.466 e. The molecule has 1 aliphatic heterocycles. The van der Waals surface area contributed by atoms with E-state index in [0.29, 0.717) is 13.2 Å². The molecule has 0 bridgehead atoms. The molecule has 2 aromatic rings. The Morgan fingerprint density at radius 1 is 1.30 bits per heavy atom. The normalized spacial score (nSPS) is 14.9. The first kappa shape index (κ1) is 24.1. The number of esters is 1. The molecule has 0 radical (unpaired) electrons. The van der Waals surface area contributed by atoms with Crippen LogP contribution in [0.1, 0.15) is 36.7 Å². The summed E-state index contributed by atoms with van der Waals surface area (Å²) in [7, 11) is 1.78. The Kier molecular flexibility index (Phi) is 9.07. The Bertz CT molecular complexity index is 857. The van der Waals surface area contributed by atoms with Gasteiger partial charge in [0.1, 0.15) is 0 Å². The Balaban J connectivity index is 0.00000320. The van der Waals surface area contributed by atoms with E-state index in [4.69, 9.17) is 4.74 Å². The van der Waals surface area contributed by atoms with Crippen LogP contribution in [0.4, 0.5) is 0 Å². The number of hydrogen-bond donors (Lipinski definition) is 1. The second kappa shape index (κ2) is 11.3. The Labute approximate surface area is 195 Å². The number of likely N-dealkylation sites (tertiary alicyclic amines) is 1. The topological polar surface area (TPSA) is 84.6 Å². The molecule has 0 atom stereocenters. The highest BCUT2D eigenvalue weighted by Gasteiger charge is 2.27. The first-order valence-electron chi connectivity index (χ1n) is 10.1. The van der Waals surface area contributed by atoms with Crippen molar-refractivity contribution >= 4 is 35.9 Å². The first-order valence-corrected chi connectivity index (χ1v) is 10.1. The maximum absolute atomic E-state index is 11.9. The van der Waals surface area contributed by atoms with E-state index in [1.54, 1.807) is 7.05 Å². The van der Waals surface area contributed by atoms with Crippen molar-refractivity contribution in [3.05, 3.63) is 41.3 Å². The van der Waals surface area contributed by atoms with Crippen LogP contribution in [0.2, 0.25) is 0 Å². The predicted octanol–water partition coefficient (Wildman–Crippen LogP) is 2.85. The molecule has 0 aromatic carbocycles. The molecule has 0 aliphatic carbocycles. The number of ether oxygens (including phenoxy) is 1. The maximum Gasteiger partial charge on any atom is 0.309 e. The van der Waals surface area contributed by atoms with Gasteiger partial charge in [0, 0.05) is 38.6 Å². The fourth-order valence-corrected chi connectivity index (χ4v) is 3.61. The minimum atomic E-state index is -0.0797. The number of nitrogens with one attached hydrogen (secondary N) is 1. The van der Waals surface area contributed by atoms with Crippen LogP contribution in [0.3, 0.4) is 0 Å². The lowest BCUT2D eigenvalue weighted by Crippen LogP contribution is -2.46. The SMILES string of the molecule is CCOC(=O)C1CCN(C(=NC)NCc2ccc(-n3nc(C)cc3C)nc2)CC1.I. The third kappa shape index (κ3) is 5.93. The van der Waals surface area contributed by atoms with Crippen molar-refractivity contribution in [1.82, 2.24) is 25.0 Å². The highest BCUT2D eigenvalue weighted by molar-refractivity contribution is 14.0. The summed E-state index contributed by atoms with van der Waals surface area (Å²) in [5.74, 6) is 1.57.